The van der Waals surface area contributed by atoms with Crippen LogP contribution in [-0.4, -0.2) is 34.7 Å². The Morgan fingerprint density at radius 1 is 1.00 bits per heavy atom. The summed E-state index contributed by atoms with van der Waals surface area (Å²) in [5.41, 5.74) is 4.05. The highest BCUT2D eigenvalue weighted by Crippen LogP contribution is 2.22. The van der Waals surface area contributed by atoms with E-state index in [1.165, 1.54) is 61.8 Å². The van der Waals surface area contributed by atoms with E-state index in [-0.39, 0.29) is 0 Å². The summed E-state index contributed by atoms with van der Waals surface area (Å²) in [5, 5.41) is 8.34. The van der Waals surface area contributed by atoms with Crippen LogP contribution >= 0.6 is 0 Å². The van der Waals surface area contributed by atoms with Gasteiger partial charge in [-0.2, -0.15) is 5.10 Å². The maximum absolute atomic E-state index is 4.10. The topological polar surface area (TPSA) is 31.9 Å². The normalized spacial score (nSPS) is 16.5. The molecule has 1 saturated heterocycles. The van der Waals surface area contributed by atoms with E-state index in [1.807, 2.05) is 6.20 Å². The van der Waals surface area contributed by atoms with Crippen LogP contribution in [0.2, 0.25) is 0 Å². The lowest BCUT2D eigenvalue weighted by molar-refractivity contribution is 0.182. The summed E-state index contributed by atoms with van der Waals surface area (Å²) in [5.74, 6) is 0.863. The molecule has 0 aliphatic carbocycles. The summed E-state index contributed by atoms with van der Waals surface area (Å²) in [6, 6.07) is 17.6. The third kappa shape index (κ3) is 4.29. The summed E-state index contributed by atoms with van der Waals surface area (Å²) in [7, 11) is 0. The first-order valence-electron chi connectivity index (χ1n) is 9.55. The van der Waals surface area contributed by atoms with Crippen molar-refractivity contribution in [3.63, 3.8) is 0 Å². The van der Waals surface area contributed by atoms with Gasteiger partial charge in [0.2, 0.25) is 0 Å². The predicted molar refractivity (Wildman–Crippen MR) is 104 cm³/mol. The van der Waals surface area contributed by atoms with Crippen molar-refractivity contribution in [1.29, 1.82) is 0 Å². The Kier molecular flexibility index (Phi) is 5.12. The van der Waals surface area contributed by atoms with Crippen molar-refractivity contribution in [3.05, 3.63) is 65.9 Å². The number of fused-ring (bicyclic) bond motifs is 1. The van der Waals surface area contributed by atoms with Gasteiger partial charge < -0.3 is 4.90 Å². The highest BCUT2D eigenvalue weighted by molar-refractivity contribution is 5.78. The molecule has 0 unspecified atom stereocenters. The number of hydrogen-bond acceptors (Lipinski definition) is 2. The zero-order valence-corrected chi connectivity index (χ0v) is 14.8. The van der Waals surface area contributed by atoms with E-state index in [0.717, 1.165) is 17.9 Å². The van der Waals surface area contributed by atoms with Crippen molar-refractivity contribution in [2.75, 3.05) is 19.6 Å². The number of aromatic amines is 1. The number of hydrogen-bond donors (Lipinski definition) is 1. The van der Waals surface area contributed by atoms with Crippen LogP contribution in [0.25, 0.3) is 10.9 Å². The zero-order valence-electron chi connectivity index (χ0n) is 14.8. The Morgan fingerprint density at radius 2 is 1.84 bits per heavy atom. The molecule has 0 amide bonds. The smallest absolute Gasteiger partial charge is 0.0650 e. The van der Waals surface area contributed by atoms with Crippen LogP contribution in [-0.2, 0) is 12.8 Å². The minimum absolute atomic E-state index is 0.863. The van der Waals surface area contributed by atoms with E-state index in [9.17, 15) is 0 Å². The average molecular weight is 333 g/mol. The molecule has 1 fully saturated rings. The van der Waals surface area contributed by atoms with Gasteiger partial charge >= 0.3 is 0 Å². The van der Waals surface area contributed by atoms with Crippen molar-refractivity contribution < 1.29 is 0 Å². The first-order chi connectivity index (χ1) is 12.4. The van der Waals surface area contributed by atoms with Gasteiger partial charge in [-0.3, -0.25) is 5.10 Å². The molecule has 3 aromatic rings. The Bertz CT molecular complexity index is 785. The fourth-order valence-corrected chi connectivity index (χ4v) is 4.02. The summed E-state index contributed by atoms with van der Waals surface area (Å²) in [6.07, 6.45) is 8.25. The van der Waals surface area contributed by atoms with Crippen LogP contribution in [0.4, 0.5) is 0 Å². The van der Waals surface area contributed by atoms with E-state index in [1.54, 1.807) is 0 Å². The maximum Gasteiger partial charge on any atom is 0.0650 e. The van der Waals surface area contributed by atoms with Crippen molar-refractivity contribution in [2.45, 2.75) is 32.1 Å². The molecule has 2 aromatic carbocycles. The number of aryl methyl sites for hydroxylation is 1. The van der Waals surface area contributed by atoms with Crippen LogP contribution in [0, 0.1) is 5.92 Å². The van der Waals surface area contributed by atoms with Gasteiger partial charge in [0.25, 0.3) is 0 Å². The number of H-pyrrole nitrogens is 1. The van der Waals surface area contributed by atoms with E-state index in [4.69, 9.17) is 0 Å². The largest absolute Gasteiger partial charge is 0.303 e. The molecule has 0 spiro atoms. The number of nitrogens with zero attached hydrogens (tertiary/aromatic N) is 2. The molecule has 4 rings (SSSR count). The number of aromatic nitrogens is 2. The van der Waals surface area contributed by atoms with Crippen LogP contribution in [0.1, 0.15) is 30.4 Å². The Labute approximate surface area is 150 Å². The second-order valence-corrected chi connectivity index (χ2v) is 7.37. The second kappa shape index (κ2) is 7.83. The Hall–Kier alpha value is -2.13. The summed E-state index contributed by atoms with van der Waals surface area (Å²) >= 11 is 0. The van der Waals surface area contributed by atoms with Gasteiger partial charge in [0.1, 0.15) is 0 Å². The molecule has 1 aromatic heterocycles. The first-order valence-corrected chi connectivity index (χ1v) is 9.55. The molecule has 130 valence electrons. The van der Waals surface area contributed by atoms with E-state index in [2.05, 4.69) is 63.6 Å². The minimum Gasteiger partial charge on any atom is -0.303 e. The van der Waals surface area contributed by atoms with Gasteiger partial charge in [0.05, 0.1) is 11.7 Å². The van der Waals surface area contributed by atoms with Crippen molar-refractivity contribution in [2.24, 2.45) is 5.92 Å². The van der Waals surface area contributed by atoms with Crippen LogP contribution in [0.3, 0.4) is 0 Å². The molecule has 25 heavy (non-hydrogen) atoms. The van der Waals surface area contributed by atoms with Gasteiger partial charge in [0, 0.05) is 5.39 Å². The highest BCUT2D eigenvalue weighted by Gasteiger charge is 2.19. The third-order valence-corrected chi connectivity index (χ3v) is 5.52. The highest BCUT2D eigenvalue weighted by atomic mass is 15.1. The monoisotopic (exact) mass is 333 g/mol. The SMILES string of the molecule is c1ccc(CC2CCN(CCCc3ccc4[nH]ncc4c3)CC2)cc1. The van der Waals surface area contributed by atoms with Gasteiger partial charge in [-0.05, 0) is 80.9 Å². The number of rotatable bonds is 6. The minimum atomic E-state index is 0.863. The van der Waals surface area contributed by atoms with E-state index >= 15 is 0 Å². The molecule has 2 heterocycles. The fraction of sp³-hybridized carbons (Fsp3) is 0.409. The predicted octanol–water partition coefficient (Wildman–Crippen LogP) is 4.45. The van der Waals surface area contributed by atoms with Crippen molar-refractivity contribution in [1.82, 2.24) is 15.1 Å². The van der Waals surface area contributed by atoms with Gasteiger partial charge in [-0.15, -0.1) is 0 Å². The second-order valence-electron chi connectivity index (χ2n) is 7.37. The van der Waals surface area contributed by atoms with Crippen LogP contribution in [0.15, 0.2) is 54.7 Å². The molecular weight excluding hydrogens is 306 g/mol. The van der Waals surface area contributed by atoms with Crippen molar-refractivity contribution in [3.8, 4) is 0 Å². The van der Waals surface area contributed by atoms with Crippen LogP contribution in [0.5, 0.6) is 0 Å². The summed E-state index contributed by atoms with van der Waals surface area (Å²) in [4.78, 5) is 2.65. The number of piperidine rings is 1. The van der Waals surface area contributed by atoms with Crippen LogP contribution < -0.4 is 0 Å². The standard InChI is InChI=1S/C22H27N3/c1-2-5-18(6-3-1)15-20-10-13-25(14-11-20)12-4-7-19-8-9-22-21(16-19)17-23-24-22/h1-3,5-6,8-9,16-17,20H,4,7,10-15H2,(H,23,24). The number of nitrogens with one attached hydrogen (secondary N) is 1. The lowest BCUT2D eigenvalue weighted by Crippen LogP contribution is -2.35. The Balaban J connectivity index is 1.20. The molecule has 0 radical (unpaired) electrons. The fourth-order valence-electron chi connectivity index (χ4n) is 4.02. The molecule has 0 atom stereocenters. The maximum atomic E-state index is 4.10. The van der Waals surface area contributed by atoms with Gasteiger partial charge in [0.15, 0.2) is 0 Å². The first kappa shape index (κ1) is 16.3. The Morgan fingerprint density at radius 3 is 2.68 bits per heavy atom. The lowest BCUT2D eigenvalue weighted by atomic mass is 9.90. The average Bonchev–Trinajstić information content (AvgIpc) is 3.12. The molecule has 0 bridgehead atoms. The molecule has 3 nitrogen and oxygen atoms in total. The van der Waals surface area contributed by atoms with Crippen molar-refractivity contribution >= 4 is 10.9 Å². The zero-order chi connectivity index (χ0) is 16.9. The summed E-state index contributed by atoms with van der Waals surface area (Å²) in [6.45, 7) is 3.75. The summed E-state index contributed by atoms with van der Waals surface area (Å²) < 4.78 is 0. The molecule has 1 aliphatic heterocycles. The molecular formula is C22H27N3. The van der Waals surface area contributed by atoms with Gasteiger partial charge in [-0.1, -0.05) is 36.4 Å². The van der Waals surface area contributed by atoms with Gasteiger partial charge in [-0.25, -0.2) is 0 Å². The third-order valence-electron chi connectivity index (χ3n) is 5.52. The lowest BCUT2D eigenvalue weighted by Gasteiger charge is -2.32. The number of benzene rings is 2. The molecule has 3 heteroatoms. The molecule has 0 saturated carbocycles. The van der Waals surface area contributed by atoms with E-state index in [0.29, 0.717) is 0 Å². The molecule has 1 aliphatic rings. The van der Waals surface area contributed by atoms with E-state index < -0.39 is 0 Å². The quantitative estimate of drug-likeness (QED) is 0.723. The molecule has 1 N–H and O–H groups in total. The number of likely N-dealkylation sites (tertiary alicyclic amines) is 1.